The summed E-state index contributed by atoms with van der Waals surface area (Å²) in [6.07, 6.45) is 2.23. The molecule has 1 aliphatic rings. The Hall–Kier alpha value is -0.920. The van der Waals surface area contributed by atoms with Crippen LogP contribution in [0.1, 0.15) is 63.5 Å². The highest BCUT2D eigenvalue weighted by Crippen LogP contribution is 2.43. The Morgan fingerprint density at radius 2 is 1.56 bits per heavy atom. The molecule has 1 aliphatic carbocycles. The van der Waals surface area contributed by atoms with Crippen LogP contribution in [-0.4, -0.2) is 0 Å². The van der Waals surface area contributed by atoms with Crippen molar-refractivity contribution in [1.82, 2.24) is 0 Å². The average Bonchev–Trinajstić information content (AvgIpc) is 3.08. The van der Waals surface area contributed by atoms with Gasteiger partial charge in [-0.05, 0) is 47.9 Å². The Morgan fingerprint density at radius 3 is 2.00 bits per heavy atom. The zero-order valence-electron chi connectivity index (χ0n) is 10.5. The summed E-state index contributed by atoms with van der Waals surface area (Å²) in [6, 6.07) is 2.73. The van der Waals surface area contributed by atoms with Crippen LogP contribution in [-0.2, 0) is 0 Å². The fourth-order valence-electron chi connectivity index (χ4n) is 1.83. The Balaban J connectivity index is 0.000000606. The fourth-order valence-corrected chi connectivity index (χ4v) is 1.83. The van der Waals surface area contributed by atoms with Crippen molar-refractivity contribution in [1.29, 1.82) is 0 Å². The van der Waals surface area contributed by atoms with E-state index in [0.29, 0.717) is 5.92 Å². The Labute approximate surface area is 96.7 Å². The molecular formula is C14H20F2. The van der Waals surface area contributed by atoms with Gasteiger partial charge in [-0.25, -0.2) is 8.78 Å². The summed E-state index contributed by atoms with van der Waals surface area (Å²) in [5.41, 5.74) is 1.98. The number of benzene rings is 1. The van der Waals surface area contributed by atoms with Gasteiger partial charge >= 0.3 is 0 Å². The number of hydrogen-bond acceptors (Lipinski definition) is 0. The standard InChI is InChI=1S/C12H14F2.C2H6/c1-7(2)9-5-11(13)12(14)6-10(9)8-3-4-8;1-2/h5-8H,3-4H2,1-2H3;1-2H3. The van der Waals surface area contributed by atoms with Crippen molar-refractivity contribution in [2.75, 3.05) is 0 Å². The van der Waals surface area contributed by atoms with Crippen molar-refractivity contribution in [2.45, 2.75) is 52.4 Å². The summed E-state index contributed by atoms with van der Waals surface area (Å²) >= 11 is 0. The zero-order chi connectivity index (χ0) is 12.3. The maximum absolute atomic E-state index is 13.0. The van der Waals surface area contributed by atoms with Crippen molar-refractivity contribution in [3.05, 3.63) is 34.9 Å². The molecule has 0 saturated heterocycles. The summed E-state index contributed by atoms with van der Waals surface area (Å²) < 4.78 is 26.1. The van der Waals surface area contributed by atoms with Gasteiger partial charge in [-0.3, -0.25) is 0 Å². The lowest BCUT2D eigenvalue weighted by Gasteiger charge is -2.12. The largest absolute Gasteiger partial charge is 0.204 e. The summed E-state index contributed by atoms with van der Waals surface area (Å²) in [6.45, 7) is 8.02. The van der Waals surface area contributed by atoms with E-state index in [4.69, 9.17) is 0 Å². The molecule has 2 rings (SSSR count). The number of halogens is 2. The van der Waals surface area contributed by atoms with Crippen LogP contribution in [0, 0.1) is 11.6 Å². The lowest BCUT2D eigenvalue weighted by Crippen LogP contribution is -1.98. The van der Waals surface area contributed by atoms with Crippen LogP contribution in [0.4, 0.5) is 8.78 Å². The summed E-state index contributed by atoms with van der Waals surface area (Å²) in [7, 11) is 0. The first kappa shape index (κ1) is 13.1. The van der Waals surface area contributed by atoms with Gasteiger partial charge in [0.25, 0.3) is 0 Å². The fraction of sp³-hybridized carbons (Fsp3) is 0.571. The molecule has 0 bridgehead atoms. The van der Waals surface area contributed by atoms with Crippen molar-refractivity contribution in [2.24, 2.45) is 0 Å². The van der Waals surface area contributed by atoms with Gasteiger partial charge in [0.1, 0.15) is 0 Å². The topological polar surface area (TPSA) is 0 Å². The van der Waals surface area contributed by atoms with E-state index in [1.165, 1.54) is 12.1 Å². The minimum Gasteiger partial charge on any atom is -0.204 e. The maximum Gasteiger partial charge on any atom is 0.159 e. The molecule has 0 N–H and O–H groups in total. The smallest absolute Gasteiger partial charge is 0.159 e. The van der Waals surface area contributed by atoms with Gasteiger partial charge in [-0.15, -0.1) is 0 Å². The molecule has 0 spiro atoms. The molecule has 0 nitrogen and oxygen atoms in total. The SMILES string of the molecule is CC.CC(C)c1cc(F)c(F)cc1C1CC1. The minimum atomic E-state index is -0.724. The van der Waals surface area contributed by atoms with Gasteiger partial charge < -0.3 is 0 Å². The lowest BCUT2D eigenvalue weighted by atomic mass is 9.94. The van der Waals surface area contributed by atoms with E-state index in [1.54, 1.807) is 0 Å². The summed E-state index contributed by atoms with van der Waals surface area (Å²) in [4.78, 5) is 0. The van der Waals surface area contributed by atoms with Crippen LogP contribution >= 0.6 is 0 Å². The first-order chi connectivity index (χ1) is 7.59. The predicted octanol–water partition coefficient (Wildman–Crippen LogP) is 4.99. The number of hydrogen-bond donors (Lipinski definition) is 0. The van der Waals surface area contributed by atoms with Crippen LogP contribution < -0.4 is 0 Å². The van der Waals surface area contributed by atoms with Gasteiger partial charge in [-0.2, -0.15) is 0 Å². The highest BCUT2D eigenvalue weighted by molar-refractivity contribution is 5.36. The highest BCUT2D eigenvalue weighted by Gasteiger charge is 2.28. The molecule has 0 heterocycles. The van der Waals surface area contributed by atoms with E-state index in [2.05, 4.69) is 0 Å². The first-order valence-electron chi connectivity index (χ1n) is 6.08. The first-order valence-corrected chi connectivity index (χ1v) is 6.08. The zero-order valence-corrected chi connectivity index (χ0v) is 10.5. The van der Waals surface area contributed by atoms with E-state index >= 15 is 0 Å². The number of rotatable bonds is 2. The van der Waals surface area contributed by atoms with E-state index < -0.39 is 11.6 Å². The van der Waals surface area contributed by atoms with Gasteiger partial charge in [0.15, 0.2) is 11.6 Å². The van der Waals surface area contributed by atoms with Crippen LogP contribution in [0.3, 0.4) is 0 Å². The monoisotopic (exact) mass is 226 g/mol. The van der Waals surface area contributed by atoms with Crippen molar-refractivity contribution < 1.29 is 8.78 Å². The summed E-state index contributed by atoms with van der Waals surface area (Å²) in [5.74, 6) is -0.697. The van der Waals surface area contributed by atoms with Crippen molar-refractivity contribution >= 4 is 0 Å². The molecular weight excluding hydrogens is 206 g/mol. The predicted molar refractivity (Wildman–Crippen MR) is 63.8 cm³/mol. The molecule has 16 heavy (non-hydrogen) atoms. The van der Waals surface area contributed by atoms with Gasteiger partial charge in [0, 0.05) is 0 Å². The molecule has 0 radical (unpaired) electrons. The molecule has 0 amide bonds. The van der Waals surface area contributed by atoms with Crippen LogP contribution in [0.15, 0.2) is 12.1 Å². The van der Waals surface area contributed by atoms with E-state index in [1.807, 2.05) is 27.7 Å². The molecule has 1 aromatic rings. The normalized spacial score (nSPS) is 14.7. The molecule has 2 heteroatoms. The van der Waals surface area contributed by atoms with Gasteiger partial charge in [-0.1, -0.05) is 27.7 Å². The molecule has 1 fully saturated rings. The van der Waals surface area contributed by atoms with E-state index in [-0.39, 0.29) is 5.92 Å². The van der Waals surface area contributed by atoms with Crippen LogP contribution in [0.5, 0.6) is 0 Å². The second kappa shape index (κ2) is 5.42. The molecule has 0 aromatic heterocycles. The van der Waals surface area contributed by atoms with Crippen LogP contribution in [0.25, 0.3) is 0 Å². The van der Waals surface area contributed by atoms with Crippen molar-refractivity contribution in [3.8, 4) is 0 Å². The molecule has 0 unspecified atom stereocenters. The van der Waals surface area contributed by atoms with Gasteiger partial charge in [0.2, 0.25) is 0 Å². The van der Waals surface area contributed by atoms with E-state index in [0.717, 1.165) is 24.0 Å². The summed E-state index contributed by atoms with van der Waals surface area (Å²) in [5, 5.41) is 0. The lowest BCUT2D eigenvalue weighted by molar-refractivity contribution is 0.504. The molecule has 90 valence electrons. The van der Waals surface area contributed by atoms with Gasteiger partial charge in [0.05, 0.1) is 0 Å². The molecule has 0 atom stereocenters. The molecule has 0 aliphatic heterocycles. The third kappa shape index (κ3) is 2.81. The minimum absolute atomic E-state index is 0.265. The van der Waals surface area contributed by atoms with Crippen LogP contribution in [0.2, 0.25) is 0 Å². The third-order valence-corrected chi connectivity index (χ3v) is 2.77. The molecule has 1 aromatic carbocycles. The third-order valence-electron chi connectivity index (χ3n) is 2.77. The Bertz CT molecular complexity index is 325. The molecule has 1 saturated carbocycles. The average molecular weight is 226 g/mol. The second-order valence-corrected chi connectivity index (χ2v) is 4.32. The quantitative estimate of drug-likeness (QED) is 0.666. The highest BCUT2D eigenvalue weighted by atomic mass is 19.2. The Kier molecular flexibility index (Phi) is 4.45. The van der Waals surface area contributed by atoms with E-state index in [9.17, 15) is 8.78 Å². The van der Waals surface area contributed by atoms with Crippen molar-refractivity contribution in [3.63, 3.8) is 0 Å². The second-order valence-electron chi connectivity index (χ2n) is 4.32. The maximum atomic E-state index is 13.0. The Morgan fingerprint density at radius 1 is 1.06 bits per heavy atom.